The van der Waals surface area contributed by atoms with Gasteiger partial charge < -0.3 is 0 Å². The van der Waals surface area contributed by atoms with Crippen LogP contribution in [-0.4, -0.2) is 31.0 Å². The zero-order chi connectivity index (χ0) is 7.82. The molecule has 0 aromatic heterocycles. The standard InChI is InChI=1S/C6H14S3Se/c1-2-10-4-3-9-5-6(7)8/h6-8H,2-5H2,1H3. The molecule has 0 fully saturated rings. The van der Waals surface area contributed by atoms with E-state index in [0.29, 0.717) is 0 Å². The summed E-state index contributed by atoms with van der Waals surface area (Å²) in [6, 6.07) is 0. The van der Waals surface area contributed by atoms with Crippen molar-refractivity contribution in [2.24, 2.45) is 0 Å². The summed E-state index contributed by atoms with van der Waals surface area (Å²) in [4.78, 5) is 0. The van der Waals surface area contributed by atoms with Crippen LogP contribution in [-0.2, 0) is 0 Å². The summed E-state index contributed by atoms with van der Waals surface area (Å²) in [6.45, 7) is 2.25. The summed E-state index contributed by atoms with van der Waals surface area (Å²) < 4.78 is 0.263. The van der Waals surface area contributed by atoms with E-state index in [1.54, 1.807) is 0 Å². The molecular weight excluding hydrogens is 247 g/mol. The maximum absolute atomic E-state index is 4.17. The molecule has 0 amide bonds. The second-order valence-electron chi connectivity index (χ2n) is 1.75. The van der Waals surface area contributed by atoms with Gasteiger partial charge in [0.2, 0.25) is 0 Å². The SMILES string of the molecule is CC[Se]CCSCC(S)S. The molecule has 0 unspecified atom stereocenters. The molecule has 10 heavy (non-hydrogen) atoms. The van der Waals surface area contributed by atoms with Crippen LogP contribution < -0.4 is 0 Å². The first-order valence-corrected chi connectivity index (χ1v) is 7.90. The molecule has 62 valence electrons. The molecule has 0 saturated carbocycles. The molecule has 0 aromatic rings. The minimum atomic E-state index is 0.263. The molecule has 0 atom stereocenters. The average molecular weight is 261 g/mol. The van der Waals surface area contributed by atoms with E-state index in [2.05, 4.69) is 32.2 Å². The monoisotopic (exact) mass is 262 g/mol. The van der Waals surface area contributed by atoms with E-state index in [9.17, 15) is 0 Å². The molecular formula is C6H14S3Se. The van der Waals surface area contributed by atoms with E-state index in [4.69, 9.17) is 0 Å². The van der Waals surface area contributed by atoms with Gasteiger partial charge >= 0.3 is 85.6 Å². The summed E-state index contributed by atoms with van der Waals surface area (Å²) in [7, 11) is 0. The van der Waals surface area contributed by atoms with Gasteiger partial charge in [-0.15, -0.1) is 0 Å². The first-order valence-electron chi connectivity index (χ1n) is 3.29. The summed E-state index contributed by atoms with van der Waals surface area (Å²) in [5.41, 5.74) is 0. The molecule has 0 aromatic carbocycles. The van der Waals surface area contributed by atoms with E-state index in [1.165, 1.54) is 16.4 Å². The van der Waals surface area contributed by atoms with Gasteiger partial charge in [-0.2, -0.15) is 0 Å². The zero-order valence-corrected chi connectivity index (χ0v) is 10.4. The summed E-state index contributed by atoms with van der Waals surface area (Å²) in [5, 5.41) is 2.78. The van der Waals surface area contributed by atoms with Gasteiger partial charge in [0.15, 0.2) is 0 Å². The Hall–Kier alpha value is 1.57. The molecule has 0 spiro atoms. The van der Waals surface area contributed by atoms with Crippen LogP contribution in [0.2, 0.25) is 10.6 Å². The number of hydrogen-bond donors (Lipinski definition) is 2. The third-order valence-electron chi connectivity index (χ3n) is 0.843. The Morgan fingerprint density at radius 2 is 2.20 bits per heavy atom. The molecule has 4 heteroatoms. The second-order valence-corrected chi connectivity index (χ2v) is 7.48. The molecule has 0 aliphatic heterocycles. The van der Waals surface area contributed by atoms with Gasteiger partial charge in [0.25, 0.3) is 0 Å². The van der Waals surface area contributed by atoms with Gasteiger partial charge in [-0.05, 0) is 0 Å². The van der Waals surface area contributed by atoms with Crippen LogP contribution in [0.4, 0.5) is 0 Å². The number of hydrogen-bond acceptors (Lipinski definition) is 3. The van der Waals surface area contributed by atoms with Gasteiger partial charge in [0.05, 0.1) is 0 Å². The van der Waals surface area contributed by atoms with Gasteiger partial charge in [0.1, 0.15) is 0 Å². The van der Waals surface area contributed by atoms with Crippen molar-refractivity contribution in [2.75, 3.05) is 11.5 Å². The number of thiol groups is 2. The van der Waals surface area contributed by atoms with Crippen LogP contribution in [0.15, 0.2) is 0 Å². The molecule has 0 aliphatic carbocycles. The van der Waals surface area contributed by atoms with Crippen molar-refractivity contribution in [1.82, 2.24) is 0 Å². The summed E-state index contributed by atoms with van der Waals surface area (Å²) >= 11 is 11.2. The Morgan fingerprint density at radius 1 is 1.50 bits per heavy atom. The average Bonchev–Trinajstić information content (AvgIpc) is 1.87. The van der Waals surface area contributed by atoms with E-state index >= 15 is 0 Å². The molecule has 0 nitrogen and oxygen atoms in total. The molecule has 0 saturated heterocycles. The van der Waals surface area contributed by atoms with Crippen molar-refractivity contribution in [3.05, 3.63) is 0 Å². The fraction of sp³-hybridized carbons (Fsp3) is 1.00. The Kier molecular flexibility index (Phi) is 10.0. The second kappa shape index (κ2) is 8.66. The van der Waals surface area contributed by atoms with Crippen LogP contribution in [0, 0.1) is 0 Å². The number of rotatable bonds is 6. The zero-order valence-electron chi connectivity index (χ0n) is 6.12. The van der Waals surface area contributed by atoms with Crippen LogP contribution >= 0.6 is 37.0 Å². The fourth-order valence-electron chi connectivity index (χ4n) is 0.451. The summed E-state index contributed by atoms with van der Waals surface area (Å²) in [5.74, 6) is 2.37. The van der Waals surface area contributed by atoms with Crippen molar-refractivity contribution in [1.29, 1.82) is 0 Å². The van der Waals surface area contributed by atoms with Gasteiger partial charge in [-0.1, -0.05) is 0 Å². The van der Waals surface area contributed by atoms with Crippen LogP contribution in [0.25, 0.3) is 0 Å². The third-order valence-corrected chi connectivity index (χ3v) is 5.24. The minimum absolute atomic E-state index is 0.263. The van der Waals surface area contributed by atoms with E-state index in [-0.39, 0.29) is 4.58 Å². The molecule has 0 heterocycles. The Bertz CT molecular complexity index is 68.0. The normalized spacial score (nSPS) is 10.8. The quantitative estimate of drug-likeness (QED) is 0.320. The van der Waals surface area contributed by atoms with E-state index in [1.807, 2.05) is 11.8 Å². The van der Waals surface area contributed by atoms with Crippen molar-refractivity contribution < 1.29 is 0 Å². The molecule has 0 radical (unpaired) electrons. The molecule has 0 aliphatic rings. The van der Waals surface area contributed by atoms with Gasteiger partial charge in [-0.25, -0.2) is 0 Å². The van der Waals surface area contributed by atoms with Crippen LogP contribution in [0.3, 0.4) is 0 Å². The van der Waals surface area contributed by atoms with Crippen LogP contribution in [0.5, 0.6) is 0 Å². The molecule has 0 rings (SSSR count). The van der Waals surface area contributed by atoms with Crippen molar-refractivity contribution >= 4 is 52.0 Å². The first-order chi connectivity index (χ1) is 4.77. The third kappa shape index (κ3) is 9.57. The Balaban J connectivity index is 2.77. The van der Waals surface area contributed by atoms with Gasteiger partial charge in [-0.3, -0.25) is 0 Å². The van der Waals surface area contributed by atoms with Crippen molar-refractivity contribution in [3.8, 4) is 0 Å². The van der Waals surface area contributed by atoms with Gasteiger partial charge in [0, 0.05) is 0 Å². The molecule has 0 bridgehead atoms. The predicted molar refractivity (Wildman–Crippen MR) is 60.1 cm³/mol. The van der Waals surface area contributed by atoms with Crippen molar-refractivity contribution in [2.45, 2.75) is 22.1 Å². The van der Waals surface area contributed by atoms with Crippen LogP contribution in [0.1, 0.15) is 6.92 Å². The Morgan fingerprint density at radius 3 is 2.70 bits per heavy atom. The predicted octanol–water partition coefficient (Wildman–Crippen LogP) is 2.47. The van der Waals surface area contributed by atoms with E-state index in [0.717, 1.165) is 20.7 Å². The fourth-order valence-corrected chi connectivity index (χ4v) is 3.79. The number of thioether (sulfide) groups is 1. The van der Waals surface area contributed by atoms with E-state index < -0.39 is 0 Å². The van der Waals surface area contributed by atoms with Crippen molar-refractivity contribution in [3.63, 3.8) is 0 Å². The summed E-state index contributed by atoms with van der Waals surface area (Å²) in [6.07, 6.45) is 0. The first kappa shape index (κ1) is 11.6. The maximum atomic E-state index is 4.17. The topological polar surface area (TPSA) is 0 Å². The Labute approximate surface area is 85.3 Å². The molecule has 0 N–H and O–H groups in total.